The average Bonchev–Trinajstić information content (AvgIpc) is 3.10. The maximum atomic E-state index is 10.3. The minimum absolute atomic E-state index is 0.300. The second kappa shape index (κ2) is 11.7. The lowest BCUT2D eigenvalue weighted by Crippen LogP contribution is -2.35. The van der Waals surface area contributed by atoms with Crippen molar-refractivity contribution in [3.05, 3.63) is 60.2 Å². The molecular weight excluding hydrogens is 406 g/mol. The van der Waals surface area contributed by atoms with E-state index in [0.717, 1.165) is 35.5 Å². The first-order chi connectivity index (χ1) is 15.5. The molecule has 0 saturated carbocycles. The van der Waals surface area contributed by atoms with Gasteiger partial charge < -0.3 is 19.3 Å². The SMILES string of the molecule is CCCN(Cc1c(-c2ccccc2)nn(C)c1Oc1ccc(OC)cc1)CC(O)COC. The smallest absolute Gasteiger partial charge is 0.222 e. The number of ether oxygens (including phenoxy) is 3. The Kier molecular flexibility index (Phi) is 8.67. The third-order valence-corrected chi connectivity index (χ3v) is 5.16. The fourth-order valence-corrected chi connectivity index (χ4v) is 3.72. The van der Waals surface area contributed by atoms with E-state index in [1.54, 1.807) is 18.9 Å². The van der Waals surface area contributed by atoms with Crippen LogP contribution in [0.5, 0.6) is 17.4 Å². The standard InChI is InChI=1S/C25H33N3O4/c1-5-15-28(16-20(29)18-30-3)17-23-24(19-9-7-6-8-10-19)26-27(2)25(23)32-22-13-11-21(31-4)12-14-22/h6-14,20,29H,5,15-18H2,1-4H3. The van der Waals surface area contributed by atoms with Crippen molar-refractivity contribution in [1.29, 1.82) is 0 Å². The van der Waals surface area contributed by atoms with Gasteiger partial charge in [0.05, 0.1) is 25.4 Å². The van der Waals surface area contributed by atoms with Gasteiger partial charge >= 0.3 is 0 Å². The molecule has 172 valence electrons. The molecule has 1 atom stereocenters. The predicted molar refractivity (Wildman–Crippen MR) is 125 cm³/mol. The Morgan fingerprint density at radius 3 is 2.34 bits per heavy atom. The van der Waals surface area contributed by atoms with Crippen LogP contribution in [-0.2, 0) is 18.3 Å². The van der Waals surface area contributed by atoms with Crippen LogP contribution in [0.2, 0.25) is 0 Å². The molecule has 0 aliphatic rings. The number of aryl methyl sites for hydroxylation is 1. The zero-order chi connectivity index (χ0) is 22.9. The van der Waals surface area contributed by atoms with Gasteiger partial charge in [0, 0.05) is 32.8 Å². The first-order valence-electron chi connectivity index (χ1n) is 10.9. The van der Waals surface area contributed by atoms with Gasteiger partial charge in [-0.3, -0.25) is 4.90 Å². The van der Waals surface area contributed by atoms with Gasteiger partial charge in [-0.05, 0) is 37.2 Å². The topological polar surface area (TPSA) is 69.0 Å². The lowest BCUT2D eigenvalue weighted by atomic mass is 10.1. The van der Waals surface area contributed by atoms with E-state index in [2.05, 4.69) is 11.8 Å². The summed E-state index contributed by atoms with van der Waals surface area (Å²) >= 11 is 0. The Morgan fingerprint density at radius 2 is 1.72 bits per heavy atom. The molecular formula is C25H33N3O4. The van der Waals surface area contributed by atoms with Crippen molar-refractivity contribution in [1.82, 2.24) is 14.7 Å². The van der Waals surface area contributed by atoms with Gasteiger partial charge in [-0.25, -0.2) is 4.68 Å². The zero-order valence-electron chi connectivity index (χ0n) is 19.3. The van der Waals surface area contributed by atoms with Crippen LogP contribution in [0.25, 0.3) is 11.3 Å². The van der Waals surface area contributed by atoms with Gasteiger partial charge in [0.25, 0.3) is 0 Å². The number of aliphatic hydroxyl groups is 1. The molecule has 1 unspecified atom stereocenters. The van der Waals surface area contributed by atoms with Crippen molar-refractivity contribution >= 4 is 0 Å². The normalized spacial score (nSPS) is 12.2. The number of nitrogens with zero attached hydrogens (tertiary/aromatic N) is 3. The molecule has 1 N–H and O–H groups in total. The second-order valence-corrected chi connectivity index (χ2v) is 7.74. The van der Waals surface area contributed by atoms with Crippen molar-refractivity contribution in [2.45, 2.75) is 26.0 Å². The van der Waals surface area contributed by atoms with Crippen molar-refractivity contribution in [2.24, 2.45) is 7.05 Å². The van der Waals surface area contributed by atoms with E-state index in [9.17, 15) is 5.11 Å². The van der Waals surface area contributed by atoms with E-state index < -0.39 is 6.10 Å². The van der Waals surface area contributed by atoms with Gasteiger partial charge in [-0.2, -0.15) is 5.10 Å². The van der Waals surface area contributed by atoms with E-state index in [1.807, 2.05) is 61.6 Å². The van der Waals surface area contributed by atoms with Crippen LogP contribution in [0.15, 0.2) is 54.6 Å². The third kappa shape index (κ3) is 6.09. The van der Waals surface area contributed by atoms with Gasteiger partial charge in [0.15, 0.2) is 0 Å². The van der Waals surface area contributed by atoms with Gasteiger partial charge in [-0.1, -0.05) is 37.3 Å². The number of methoxy groups -OCH3 is 2. The molecule has 3 aromatic rings. The van der Waals surface area contributed by atoms with Crippen LogP contribution >= 0.6 is 0 Å². The Labute approximate surface area is 190 Å². The summed E-state index contributed by atoms with van der Waals surface area (Å²) in [6.07, 6.45) is 0.407. The summed E-state index contributed by atoms with van der Waals surface area (Å²) < 4.78 is 18.5. The van der Waals surface area contributed by atoms with Crippen molar-refractivity contribution < 1.29 is 19.3 Å². The Morgan fingerprint density at radius 1 is 1.03 bits per heavy atom. The highest BCUT2D eigenvalue weighted by atomic mass is 16.5. The number of aromatic nitrogens is 2. The molecule has 0 aliphatic heterocycles. The molecule has 0 radical (unpaired) electrons. The van der Waals surface area contributed by atoms with Crippen LogP contribution in [0.4, 0.5) is 0 Å². The molecule has 7 nitrogen and oxygen atoms in total. The number of benzene rings is 2. The molecule has 0 bridgehead atoms. The monoisotopic (exact) mass is 439 g/mol. The number of hydrogen-bond donors (Lipinski definition) is 1. The minimum Gasteiger partial charge on any atom is -0.497 e. The molecule has 1 aromatic heterocycles. The molecule has 0 saturated heterocycles. The Hall–Kier alpha value is -2.87. The summed E-state index contributed by atoms with van der Waals surface area (Å²) in [5.41, 5.74) is 2.88. The fourth-order valence-electron chi connectivity index (χ4n) is 3.72. The molecule has 1 heterocycles. The molecule has 0 fully saturated rings. The lowest BCUT2D eigenvalue weighted by molar-refractivity contribution is 0.0357. The summed E-state index contributed by atoms with van der Waals surface area (Å²) in [4.78, 5) is 2.22. The molecule has 0 aliphatic carbocycles. The largest absolute Gasteiger partial charge is 0.497 e. The Balaban J connectivity index is 1.97. The fraction of sp³-hybridized carbons (Fsp3) is 0.400. The molecule has 32 heavy (non-hydrogen) atoms. The van der Waals surface area contributed by atoms with Crippen LogP contribution in [0.1, 0.15) is 18.9 Å². The first-order valence-corrected chi connectivity index (χ1v) is 10.9. The van der Waals surface area contributed by atoms with Gasteiger partial charge in [0.2, 0.25) is 5.88 Å². The number of rotatable bonds is 12. The van der Waals surface area contributed by atoms with Gasteiger partial charge in [0.1, 0.15) is 17.2 Å². The highest BCUT2D eigenvalue weighted by Gasteiger charge is 2.23. The van der Waals surface area contributed by atoms with E-state index >= 15 is 0 Å². The van der Waals surface area contributed by atoms with Crippen LogP contribution < -0.4 is 9.47 Å². The molecule has 3 rings (SSSR count). The highest BCUT2D eigenvalue weighted by Crippen LogP contribution is 2.34. The molecule has 0 amide bonds. The maximum absolute atomic E-state index is 10.3. The summed E-state index contributed by atoms with van der Waals surface area (Å²) in [6, 6.07) is 17.6. The van der Waals surface area contributed by atoms with E-state index in [1.165, 1.54) is 0 Å². The number of aliphatic hydroxyl groups excluding tert-OH is 1. The second-order valence-electron chi connectivity index (χ2n) is 7.74. The van der Waals surface area contributed by atoms with Crippen LogP contribution in [0, 0.1) is 0 Å². The van der Waals surface area contributed by atoms with Gasteiger partial charge in [-0.15, -0.1) is 0 Å². The quantitative estimate of drug-likeness (QED) is 0.458. The van der Waals surface area contributed by atoms with E-state index in [0.29, 0.717) is 31.3 Å². The third-order valence-electron chi connectivity index (χ3n) is 5.16. The minimum atomic E-state index is -0.561. The molecule has 0 spiro atoms. The summed E-state index contributed by atoms with van der Waals surface area (Å²) in [7, 11) is 5.13. The predicted octanol–water partition coefficient (Wildman–Crippen LogP) is 4.11. The Bertz CT molecular complexity index is 957. The highest BCUT2D eigenvalue weighted by molar-refractivity contribution is 5.65. The van der Waals surface area contributed by atoms with Crippen molar-refractivity contribution in [3.8, 4) is 28.6 Å². The van der Waals surface area contributed by atoms with Crippen LogP contribution in [-0.4, -0.2) is 59.8 Å². The van der Waals surface area contributed by atoms with E-state index in [4.69, 9.17) is 19.3 Å². The first kappa shape index (κ1) is 23.8. The average molecular weight is 440 g/mol. The number of hydrogen-bond acceptors (Lipinski definition) is 6. The lowest BCUT2D eigenvalue weighted by Gasteiger charge is -2.25. The van der Waals surface area contributed by atoms with Crippen molar-refractivity contribution in [2.75, 3.05) is 33.9 Å². The van der Waals surface area contributed by atoms with Crippen LogP contribution in [0.3, 0.4) is 0 Å². The maximum Gasteiger partial charge on any atom is 0.222 e. The summed E-state index contributed by atoms with van der Waals surface area (Å²) in [5, 5.41) is 15.1. The molecule has 7 heteroatoms. The zero-order valence-corrected chi connectivity index (χ0v) is 19.3. The molecule has 2 aromatic carbocycles. The summed E-state index contributed by atoms with van der Waals surface area (Å²) in [5.74, 6) is 2.15. The van der Waals surface area contributed by atoms with Crippen molar-refractivity contribution in [3.63, 3.8) is 0 Å². The summed E-state index contributed by atoms with van der Waals surface area (Å²) in [6.45, 7) is 4.37. The van der Waals surface area contributed by atoms with E-state index in [-0.39, 0.29) is 0 Å².